The fourth-order valence-electron chi connectivity index (χ4n) is 4.54. The zero-order chi connectivity index (χ0) is 18.1. The van der Waals surface area contributed by atoms with Gasteiger partial charge in [-0.25, -0.2) is 0 Å². The van der Waals surface area contributed by atoms with Crippen LogP contribution in [-0.2, 0) is 4.79 Å². The van der Waals surface area contributed by atoms with Gasteiger partial charge in [-0.1, -0.05) is 50.5 Å². The summed E-state index contributed by atoms with van der Waals surface area (Å²) in [6, 6.07) is 0. The third kappa shape index (κ3) is 6.97. The minimum atomic E-state index is -0.705. The Morgan fingerprint density at radius 3 is 2.68 bits per heavy atom. The molecule has 0 spiro atoms. The van der Waals surface area contributed by atoms with Gasteiger partial charge >= 0.3 is 5.97 Å². The maximum absolute atomic E-state index is 10.5. The number of hydrogen-bond acceptors (Lipinski definition) is 2. The summed E-state index contributed by atoms with van der Waals surface area (Å²) in [5.74, 6) is 2.38. The molecule has 0 saturated heterocycles. The van der Waals surface area contributed by atoms with Crippen LogP contribution in [-0.4, -0.2) is 22.3 Å². The van der Waals surface area contributed by atoms with Crippen LogP contribution in [0.3, 0.4) is 0 Å². The van der Waals surface area contributed by atoms with Crippen LogP contribution in [0, 0.1) is 23.7 Å². The molecule has 3 heteroatoms. The van der Waals surface area contributed by atoms with Crippen LogP contribution < -0.4 is 0 Å². The summed E-state index contributed by atoms with van der Waals surface area (Å²) in [6.45, 7) is 2.19. The van der Waals surface area contributed by atoms with E-state index in [-0.39, 0.29) is 12.5 Å². The molecule has 0 amide bonds. The monoisotopic (exact) mass is 348 g/mol. The number of carboxylic acids is 1. The van der Waals surface area contributed by atoms with E-state index in [9.17, 15) is 9.90 Å². The van der Waals surface area contributed by atoms with Crippen molar-refractivity contribution in [3.05, 3.63) is 24.3 Å². The number of unbranched alkanes of at least 4 members (excludes halogenated alkanes) is 3. The predicted octanol–water partition coefficient (Wildman–Crippen LogP) is 5.35. The van der Waals surface area contributed by atoms with E-state index >= 15 is 0 Å². The van der Waals surface area contributed by atoms with Crippen molar-refractivity contribution in [2.75, 3.05) is 0 Å². The average Bonchev–Trinajstić information content (AvgIpc) is 2.55. The van der Waals surface area contributed by atoms with E-state index in [1.807, 2.05) is 0 Å². The molecule has 0 aliphatic heterocycles. The van der Waals surface area contributed by atoms with E-state index in [0.717, 1.165) is 43.9 Å². The van der Waals surface area contributed by atoms with Gasteiger partial charge in [-0.15, -0.1) is 0 Å². The highest BCUT2D eigenvalue weighted by atomic mass is 16.4. The number of hydrogen-bond donors (Lipinski definition) is 2. The van der Waals surface area contributed by atoms with Crippen LogP contribution >= 0.6 is 0 Å². The van der Waals surface area contributed by atoms with Crippen LogP contribution in [0.5, 0.6) is 0 Å². The Hall–Kier alpha value is -1.09. The zero-order valence-electron chi connectivity index (χ0n) is 15.8. The number of aliphatic carboxylic acids is 1. The van der Waals surface area contributed by atoms with Gasteiger partial charge in [-0.3, -0.25) is 4.79 Å². The molecule has 142 valence electrons. The molecule has 0 aromatic rings. The lowest BCUT2D eigenvalue weighted by molar-refractivity contribution is -0.137. The molecule has 3 aliphatic rings. The maximum Gasteiger partial charge on any atom is 0.303 e. The molecule has 3 nitrogen and oxygen atoms in total. The summed E-state index contributed by atoms with van der Waals surface area (Å²) in [6.07, 6.45) is 19.9. The van der Waals surface area contributed by atoms with Gasteiger partial charge < -0.3 is 10.2 Å². The molecule has 3 saturated carbocycles. The van der Waals surface area contributed by atoms with Gasteiger partial charge in [0.25, 0.3) is 0 Å². The van der Waals surface area contributed by atoms with E-state index in [0.29, 0.717) is 11.8 Å². The van der Waals surface area contributed by atoms with Crippen molar-refractivity contribution in [3.8, 4) is 0 Å². The number of aliphatic hydroxyl groups is 1. The van der Waals surface area contributed by atoms with Crippen molar-refractivity contribution in [1.29, 1.82) is 0 Å². The zero-order valence-corrected chi connectivity index (χ0v) is 15.8. The van der Waals surface area contributed by atoms with Crippen LogP contribution in [0.1, 0.15) is 77.6 Å². The molecule has 3 rings (SSSR count). The van der Waals surface area contributed by atoms with Crippen LogP contribution in [0.2, 0.25) is 0 Å². The Balaban J connectivity index is 1.76. The lowest BCUT2D eigenvalue weighted by Gasteiger charge is -2.50. The molecular formula is C22H36O3. The molecule has 2 N–H and O–H groups in total. The summed E-state index contributed by atoms with van der Waals surface area (Å²) in [7, 11) is 0. The van der Waals surface area contributed by atoms with Gasteiger partial charge in [0, 0.05) is 6.42 Å². The second kappa shape index (κ2) is 10.8. The van der Waals surface area contributed by atoms with Crippen molar-refractivity contribution >= 4 is 5.97 Å². The Kier molecular flexibility index (Phi) is 8.74. The van der Waals surface area contributed by atoms with E-state index in [4.69, 9.17) is 5.11 Å². The van der Waals surface area contributed by atoms with E-state index in [2.05, 4.69) is 31.2 Å². The highest BCUT2D eigenvalue weighted by Gasteiger charge is 2.43. The minimum Gasteiger partial charge on any atom is -0.481 e. The third-order valence-corrected chi connectivity index (χ3v) is 6.05. The third-order valence-electron chi connectivity index (χ3n) is 6.05. The highest BCUT2D eigenvalue weighted by molar-refractivity contribution is 5.66. The minimum absolute atomic E-state index is 0.263. The summed E-state index contributed by atoms with van der Waals surface area (Å²) in [4.78, 5) is 10.5. The summed E-state index contributed by atoms with van der Waals surface area (Å²) >= 11 is 0. The summed E-state index contributed by atoms with van der Waals surface area (Å²) in [5, 5.41) is 18.8. The number of carbonyl (C=O) groups is 1. The molecule has 0 unspecified atom stereocenters. The fourth-order valence-corrected chi connectivity index (χ4v) is 4.54. The molecule has 0 heterocycles. The van der Waals surface area contributed by atoms with Gasteiger partial charge in [0.1, 0.15) is 0 Å². The number of carboxylic acid groups (broad SMARTS) is 1. The van der Waals surface area contributed by atoms with Crippen molar-refractivity contribution < 1.29 is 15.0 Å². The fraction of sp³-hybridized carbons (Fsp3) is 0.773. The van der Waals surface area contributed by atoms with Gasteiger partial charge in [0.2, 0.25) is 0 Å². The van der Waals surface area contributed by atoms with Crippen LogP contribution in [0.15, 0.2) is 24.3 Å². The molecule has 0 aromatic carbocycles. The lowest BCUT2D eigenvalue weighted by Crippen LogP contribution is -2.41. The van der Waals surface area contributed by atoms with Crippen molar-refractivity contribution in [1.82, 2.24) is 0 Å². The first-order valence-electron chi connectivity index (χ1n) is 10.3. The first-order chi connectivity index (χ1) is 12.1. The Morgan fingerprint density at radius 1 is 1.16 bits per heavy atom. The lowest BCUT2D eigenvalue weighted by atomic mass is 9.55. The van der Waals surface area contributed by atoms with Crippen molar-refractivity contribution in [2.45, 2.75) is 83.7 Å². The number of allylic oxidation sites excluding steroid dienone is 3. The standard InChI is InChI=1S/C22H36O3/c1-2-3-6-9-20(23)13-12-18-14-17-15-19(16-17)21(18)10-7-4-5-8-11-22(24)25/h4,7,12-13,17-21,23H,2-3,5-6,8-11,14-16H2,1H3,(H,24,25)/b7-4-,13-12+/t17?,18-,19?,20-,21+/m1/s1. The molecular weight excluding hydrogens is 312 g/mol. The largest absolute Gasteiger partial charge is 0.481 e. The van der Waals surface area contributed by atoms with Gasteiger partial charge in [-0.05, 0) is 68.6 Å². The number of aliphatic hydroxyl groups excluding tert-OH is 1. The molecule has 3 atom stereocenters. The molecule has 0 aromatic heterocycles. The van der Waals surface area contributed by atoms with Crippen LogP contribution in [0.4, 0.5) is 0 Å². The van der Waals surface area contributed by atoms with E-state index in [1.54, 1.807) is 0 Å². The molecule has 0 radical (unpaired) electrons. The second-order valence-electron chi connectivity index (χ2n) is 8.10. The normalized spacial score (nSPS) is 29.8. The first-order valence-corrected chi connectivity index (χ1v) is 10.3. The quantitative estimate of drug-likeness (QED) is 0.369. The smallest absolute Gasteiger partial charge is 0.303 e. The summed E-state index contributed by atoms with van der Waals surface area (Å²) < 4.78 is 0. The average molecular weight is 349 g/mol. The molecule has 3 aliphatic carbocycles. The Labute approximate surface area is 153 Å². The Bertz CT molecular complexity index is 448. The van der Waals surface area contributed by atoms with Crippen LogP contribution in [0.25, 0.3) is 0 Å². The Morgan fingerprint density at radius 2 is 1.96 bits per heavy atom. The highest BCUT2D eigenvalue weighted by Crippen LogP contribution is 2.53. The van der Waals surface area contributed by atoms with Gasteiger partial charge in [0.05, 0.1) is 6.10 Å². The molecule has 2 bridgehead atoms. The molecule has 3 fully saturated rings. The maximum atomic E-state index is 10.5. The van der Waals surface area contributed by atoms with Crippen molar-refractivity contribution in [3.63, 3.8) is 0 Å². The topological polar surface area (TPSA) is 57.5 Å². The SMILES string of the molecule is CCCCC[C@@H](O)/C=C/[C@@H]1CC2CC(C2)[C@H]1C/C=C\CCCC(=O)O. The predicted molar refractivity (Wildman–Crippen MR) is 102 cm³/mol. The van der Waals surface area contributed by atoms with Gasteiger partial charge in [-0.2, -0.15) is 0 Å². The first kappa shape index (κ1) is 20.2. The molecule has 25 heavy (non-hydrogen) atoms. The number of rotatable bonds is 12. The van der Waals surface area contributed by atoms with E-state index in [1.165, 1.54) is 32.1 Å². The van der Waals surface area contributed by atoms with E-state index < -0.39 is 5.97 Å². The van der Waals surface area contributed by atoms with Crippen molar-refractivity contribution in [2.24, 2.45) is 23.7 Å². The van der Waals surface area contributed by atoms with Gasteiger partial charge in [0.15, 0.2) is 0 Å². The number of fused-ring (bicyclic) bond motifs is 2. The summed E-state index contributed by atoms with van der Waals surface area (Å²) in [5.41, 5.74) is 0. The second-order valence-corrected chi connectivity index (χ2v) is 8.10.